The third-order valence-corrected chi connectivity index (χ3v) is 3.24. The molecule has 0 saturated heterocycles. The van der Waals surface area contributed by atoms with Crippen molar-refractivity contribution in [3.05, 3.63) is 35.4 Å². The van der Waals surface area contributed by atoms with E-state index in [1.165, 1.54) is 11.1 Å². The molecule has 0 atom stereocenters. The van der Waals surface area contributed by atoms with Gasteiger partial charge in [0.05, 0.1) is 13.1 Å². The standard InChI is InChI=1S/C18H32N6/c1-5-19-17(20-6-2)23-13-15-9-11-16(12-10-15)14-24-18(21-7-3)22-8-4/h9-12H,5-8,13-14H2,1-4H3,(H2,19,20,23)(H2,21,22,24). The predicted molar refractivity (Wildman–Crippen MR) is 103 cm³/mol. The van der Waals surface area contributed by atoms with Gasteiger partial charge in [-0.15, -0.1) is 0 Å². The second-order valence-corrected chi connectivity index (χ2v) is 5.27. The molecule has 0 fully saturated rings. The summed E-state index contributed by atoms with van der Waals surface area (Å²) in [5.74, 6) is 1.71. The summed E-state index contributed by atoms with van der Waals surface area (Å²) in [5, 5.41) is 12.9. The fourth-order valence-electron chi connectivity index (χ4n) is 2.11. The van der Waals surface area contributed by atoms with Gasteiger partial charge in [0.15, 0.2) is 11.9 Å². The first-order valence-electron chi connectivity index (χ1n) is 8.85. The van der Waals surface area contributed by atoms with Crippen LogP contribution in [0.15, 0.2) is 34.3 Å². The van der Waals surface area contributed by atoms with Crippen LogP contribution in [-0.2, 0) is 13.1 Å². The number of hydrogen-bond donors (Lipinski definition) is 4. The second-order valence-electron chi connectivity index (χ2n) is 5.27. The summed E-state index contributed by atoms with van der Waals surface area (Å²) in [4.78, 5) is 9.15. The minimum absolute atomic E-state index is 0.666. The first kappa shape index (κ1) is 19.8. The zero-order chi connectivity index (χ0) is 17.6. The van der Waals surface area contributed by atoms with Crippen molar-refractivity contribution >= 4 is 11.9 Å². The summed E-state index contributed by atoms with van der Waals surface area (Å²) in [5.41, 5.74) is 2.38. The molecule has 0 spiro atoms. The van der Waals surface area contributed by atoms with Crippen molar-refractivity contribution in [1.82, 2.24) is 21.3 Å². The molecule has 1 rings (SSSR count). The molecule has 1 aromatic carbocycles. The van der Waals surface area contributed by atoms with E-state index in [1.54, 1.807) is 0 Å². The molecule has 6 heteroatoms. The van der Waals surface area contributed by atoms with Gasteiger partial charge in [0.1, 0.15) is 0 Å². The fraction of sp³-hybridized carbons (Fsp3) is 0.556. The third-order valence-electron chi connectivity index (χ3n) is 3.24. The number of nitrogens with zero attached hydrogens (tertiary/aromatic N) is 2. The van der Waals surface area contributed by atoms with Gasteiger partial charge in [0.25, 0.3) is 0 Å². The number of benzene rings is 1. The van der Waals surface area contributed by atoms with Gasteiger partial charge in [-0.25, -0.2) is 9.98 Å². The second kappa shape index (κ2) is 12.2. The molecule has 24 heavy (non-hydrogen) atoms. The van der Waals surface area contributed by atoms with Gasteiger partial charge >= 0.3 is 0 Å². The van der Waals surface area contributed by atoms with Crippen molar-refractivity contribution in [2.75, 3.05) is 26.2 Å². The van der Waals surface area contributed by atoms with Crippen LogP contribution in [0.2, 0.25) is 0 Å². The Bertz CT molecular complexity index is 444. The Morgan fingerprint density at radius 3 is 1.17 bits per heavy atom. The van der Waals surface area contributed by atoms with E-state index in [0.29, 0.717) is 13.1 Å². The molecular weight excluding hydrogens is 300 g/mol. The molecule has 0 aromatic heterocycles. The minimum Gasteiger partial charge on any atom is -0.357 e. The van der Waals surface area contributed by atoms with Crippen molar-refractivity contribution in [3.8, 4) is 0 Å². The topological polar surface area (TPSA) is 72.8 Å². The van der Waals surface area contributed by atoms with Crippen LogP contribution < -0.4 is 21.3 Å². The van der Waals surface area contributed by atoms with Crippen LogP contribution in [0.4, 0.5) is 0 Å². The quantitative estimate of drug-likeness (QED) is 0.433. The Balaban J connectivity index is 2.61. The van der Waals surface area contributed by atoms with Crippen molar-refractivity contribution in [2.45, 2.75) is 40.8 Å². The normalized spacial score (nSPS) is 9.83. The summed E-state index contributed by atoms with van der Waals surface area (Å²) in [6.45, 7) is 13.1. The first-order valence-corrected chi connectivity index (χ1v) is 8.85. The minimum atomic E-state index is 0.666. The zero-order valence-electron chi connectivity index (χ0n) is 15.4. The predicted octanol–water partition coefficient (Wildman–Crippen LogP) is 1.84. The van der Waals surface area contributed by atoms with Crippen molar-refractivity contribution in [2.24, 2.45) is 9.98 Å². The van der Waals surface area contributed by atoms with Gasteiger partial charge in [0, 0.05) is 26.2 Å². The van der Waals surface area contributed by atoms with Crippen LogP contribution in [-0.4, -0.2) is 38.1 Å². The number of aliphatic imine (C=N–C) groups is 2. The summed E-state index contributed by atoms with van der Waals surface area (Å²) in [6, 6.07) is 8.46. The van der Waals surface area contributed by atoms with E-state index in [-0.39, 0.29) is 0 Å². The van der Waals surface area contributed by atoms with Crippen LogP contribution in [0.5, 0.6) is 0 Å². The van der Waals surface area contributed by atoms with E-state index in [0.717, 1.165) is 38.1 Å². The van der Waals surface area contributed by atoms with Gasteiger partial charge in [-0.05, 0) is 38.8 Å². The lowest BCUT2D eigenvalue weighted by atomic mass is 10.1. The third kappa shape index (κ3) is 7.85. The number of nitrogens with one attached hydrogen (secondary N) is 4. The average Bonchev–Trinajstić information content (AvgIpc) is 2.59. The maximum Gasteiger partial charge on any atom is 0.191 e. The van der Waals surface area contributed by atoms with Gasteiger partial charge in [-0.3, -0.25) is 0 Å². The van der Waals surface area contributed by atoms with Crippen molar-refractivity contribution < 1.29 is 0 Å². The Hall–Kier alpha value is -2.24. The lowest BCUT2D eigenvalue weighted by molar-refractivity contribution is 0.837. The van der Waals surface area contributed by atoms with Crippen LogP contribution in [0.1, 0.15) is 38.8 Å². The highest BCUT2D eigenvalue weighted by atomic mass is 15.2. The maximum absolute atomic E-state index is 4.57. The molecule has 134 valence electrons. The number of guanidine groups is 2. The monoisotopic (exact) mass is 332 g/mol. The Kier molecular flexibility index (Phi) is 10.1. The van der Waals surface area contributed by atoms with Crippen LogP contribution in [0, 0.1) is 0 Å². The van der Waals surface area contributed by atoms with Crippen LogP contribution >= 0.6 is 0 Å². The SMILES string of the molecule is CCNC(=NCc1ccc(CN=C(NCC)NCC)cc1)NCC. The van der Waals surface area contributed by atoms with Gasteiger partial charge in [0.2, 0.25) is 0 Å². The molecule has 0 aliphatic rings. The lowest BCUT2D eigenvalue weighted by Gasteiger charge is -2.10. The van der Waals surface area contributed by atoms with Gasteiger partial charge in [-0.2, -0.15) is 0 Å². The molecule has 0 aliphatic heterocycles. The zero-order valence-corrected chi connectivity index (χ0v) is 15.4. The highest BCUT2D eigenvalue weighted by Gasteiger charge is 1.98. The van der Waals surface area contributed by atoms with Gasteiger partial charge in [-0.1, -0.05) is 24.3 Å². The van der Waals surface area contributed by atoms with E-state index in [4.69, 9.17) is 0 Å². The molecule has 0 heterocycles. The average molecular weight is 332 g/mol. The first-order chi connectivity index (χ1) is 11.7. The summed E-state index contributed by atoms with van der Waals surface area (Å²) in [7, 11) is 0. The summed E-state index contributed by atoms with van der Waals surface area (Å²) in [6.07, 6.45) is 0. The number of hydrogen-bond acceptors (Lipinski definition) is 2. The van der Waals surface area contributed by atoms with E-state index >= 15 is 0 Å². The molecule has 0 aliphatic carbocycles. The summed E-state index contributed by atoms with van der Waals surface area (Å²) < 4.78 is 0. The molecular formula is C18H32N6. The highest BCUT2D eigenvalue weighted by molar-refractivity contribution is 5.80. The van der Waals surface area contributed by atoms with E-state index in [2.05, 4.69) is 83.2 Å². The molecule has 6 nitrogen and oxygen atoms in total. The molecule has 0 radical (unpaired) electrons. The molecule has 1 aromatic rings. The highest BCUT2D eigenvalue weighted by Crippen LogP contribution is 2.07. The van der Waals surface area contributed by atoms with Crippen LogP contribution in [0.25, 0.3) is 0 Å². The Morgan fingerprint density at radius 1 is 0.625 bits per heavy atom. The maximum atomic E-state index is 4.57. The molecule has 0 bridgehead atoms. The molecule has 0 amide bonds. The smallest absolute Gasteiger partial charge is 0.191 e. The molecule has 0 unspecified atom stereocenters. The van der Waals surface area contributed by atoms with E-state index in [9.17, 15) is 0 Å². The largest absolute Gasteiger partial charge is 0.357 e. The van der Waals surface area contributed by atoms with E-state index < -0.39 is 0 Å². The van der Waals surface area contributed by atoms with Gasteiger partial charge < -0.3 is 21.3 Å². The fourth-order valence-corrected chi connectivity index (χ4v) is 2.11. The van der Waals surface area contributed by atoms with Crippen molar-refractivity contribution in [3.63, 3.8) is 0 Å². The van der Waals surface area contributed by atoms with E-state index in [1.807, 2.05) is 0 Å². The summed E-state index contributed by atoms with van der Waals surface area (Å²) >= 11 is 0. The van der Waals surface area contributed by atoms with Crippen molar-refractivity contribution in [1.29, 1.82) is 0 Å². The Labute approximate surface area is 146 Å². The lowest BCUT2D eigenvalue weighted by Crippen LogP contribution is -2.37. The number of rotatable bonds is 8. The molecule has 4 N–H and O–H groups in total. The Morgan fingerprint density at radius 2 is 0.917 bits per heavy atom. The molecule has 0 saturated carbocycles. The van der Waals surface area contributed by atoms with Crippen LogP contribution in [0.3, 0.4) is 0 Å².